The van der Waals surface area contributed by atoms with Crippen LogP contribution in [0.15, 0.2) is 72.8 Å². The van der Waals surface area contributed by atoms with Crippen molar-refractivity contribution < 1.29 is 4.80 Å². The molecule has 0 spiro atoms. The maximum Gasteiger partial charge on any atom is 0.258 e. The zero-order valence-electron chi connectivity index (χ0n) is 17.4. The van der Waals surface area contributed by atoms with Crippen LogP contribution in [-0.4, -0.2) is 13.1 Å². The predicted octanol–water partition coefficient (Wildman–Crippen LogP) is 5.29. The predicted molar refractivity (Wildman–Crippen MR) is 121 cm³/mol. The highest BCUT2D eigenvalue weighted by molar-refractivity contribution is 6.98. The monoisotopic (exact) mass is 390 g/mol. The minimum Gasteiger partial charge on any atom is -0.424 e. The molecular weight excluding hydrogens is 356 g/mol. The molecule has 1 saturated carbocycles. The summed E-state index contributed by atoms with van der Waals surface area (Å²) in [7, 11) is -2.85. The van der Waals surface area contributed by atoms with E-state index in [1.165, 1.54) is 32.1 Å². The van der Waals surface area contributed by atoms with E-state index in [0.29, 0.717) is 0 Å². The number of fused-ring (bicyclic) bond motifs is 1. The van der Waals surface area contributed by atoms with E-state index >= 15 is 0 Å². The molecule has 1 fully saturated rings. The van der Waals surface area contributed by atoms with Crippen molar-refractivity contribution in [3.63, 3.8) is 0 Å². The van der Waals surface area contributed by atoms with Crippen molar-refractivity contribution in [2.24, 2.45) is 17.8 Å². The first-order valence-electron chi connectivity index (χ1n) is 11.0. The molecule has 0 aliphatic heterocycles. The zero-order chi connectivity index (χ0) is 19.6. The molecule has 2 aliphatic carbocycles. The summed E-state index contributed by atoms with van der Waals surface area (Å²) in [6.07, 6.45) is 12.4. The molecule has 2 aliphatic rings. The molecule has 28 heavy (non-hydrogen) atoms. The van der Waals surface area contributed by atoms with E-state index in [2.05, 4.69) is 74.5 Å². The van der Waals surface area contributed by atoms with Crippen LogP contribution in [-0.2, 0) is 0 Å². The average molecular weight is 391 g/mol. The van der Waals surface area contributed by atoms with E-state index in [4.69, 9.17) is 0 Å². The van der Waals surface area contributed by atoms with Gasteiger partial charge in [0.1, 0.15) is 0 Å². The summed E-state index contributed by atoms with van der Waals surface area (Å²) >= 11 is 0. The van der Waals surface area contributed by atoms with Gasteiger partial charge in [0.15, 0.2) is 0 Å². The van der Waals surface area contributed by atoms with Crippen LogP contribution in [0.1, 0.15) is 52.4 Å². The lowest BCUT2D eigenvalue weighted by molar-refractivity contribution is 0.436. The highest BCUT2D eigenvalue weighted by Gasteiger charge is 2.53. The molecule has 0 bridgehead atoms. The van der Waals surface area contributed by atoms with Crippen LogP contribution >= 0.6 is 0 Å². The molecule has 2 heteroatoms. The lowest BCUT2D eigenvalue weighted by atomic mass is 10.0. The Hall–Kier alpha value is -1.64. The van der Waals surface area contributed by atoms with Crippen LogP contribution in [0.4, 0.5) is 0 Å². The van der Waals surface area contributed by atoms with Crippen LogP contribution in [0.5, 0.6) is 0 Å². The molecule has 3 atom stereocenters. The van der Waals surface area contributed by atoms with Gasteiger partial charge >= 0.3 is 0 Å². The maximum atomic E-state index is 12.3. The number of hydrogen-bond donors (Lipinski definition) is 1. The fourth-order valence-electron chi connectivity index (χ4n) is 5.64. The number of hydrogen-bond acceptors (Lipinski definition) is 1. The highest BCUT2D eigenvalue weighted by atomic mass is 28.4. The van der Waals surface area contributed by atoms with Gasteiger partial charge in [0.25, 0.3) is 8.32 Å². The molecular formula is C26H34OSi. The second-order valence-corrected chi connectivity index (χ2v) is 13.4. The molecule has 0 unspecified atom stereocenters. The summed E-state index contributed by atoms with van der Waals surface area (Å²) < 4.78 is 0. The first-order chi connectivity index (χ1) is 13.5. The van der Waals surface area contributed by atoms with Crippen LogP contribution in [0.2, 0.25) is 5.04 Å². The Balaban J connectivity index is 1.56. The normalized spacial score (nSPS) is 26.0. The summed E-state index contributed by atoms with van der Waals surface area (Å²) in [5.74, 6) is 2.75. The standard InChI is InChI=1S/C26H34OSi/c1-26(2,20-19-25-23-17-11-3-4-12-18-24(23)25)28(27,21-13-7-5-8-14-21)22-15-9-6-10-16-22/h3-10,13-16,23-25,27H,11-12,17-20H2,1-2H3/b4-3+/t23-,24+,25+. The third-order valence-corrected chi connectivity index (χ3v) is 12.0. The smallest absolute Gasteiger partial charge is 0.258 e. The van der Waals surface area contributed by atoms with Gasteiger partial charge in [0.05, 0.1) is 0 Å². The average Bonchev–Trinajstić information content (AvgIpc) is 3.36. The molecule has 148 valence electrons. The van der Waals surface area contributed by atoms with Gasteiger partial charge in [-0.3, -0.25) is 0 Å². The fraction of sp³-hybridized carbons (Fsp3) is 0.462. The van der Waals surface area contributed by atoms with E-state index in [9.17, 15) is 4.80 Å². The maximum absolute atomic E-state index is 12.3. The molecule has 0 amide bonds. The Kier molecular flexibility index (Phi) is 5.62. The topological polar surface area (TPSA) is 20.2 Å². The number of rotatable bonds is 6. The van der Waals surface area contributed by atoms with Gasteiger partial charge in [0, 0.05) is 0 Å². The van der Waals surface area contributed by atoms with Crippen molar-refractivity contribution in [2.45, 2.75) is 57.4 Å². The fourth-order valence-corrected chi connectivity index (χ4v) is 9.39. The summed E-state index contributed by atoms with van der Waals surface area (Å²) in [6, 6.07) is 20.9. The Morgan fingerprint density at radius 2 is 1.29 bits per heavy atom. The highest BCUT2D eigenvalue weighted by Crippen LogP contribution is 2.57. The van der Waals surface area contributed by atoms with E-state index < -0.39 is 8.32 Å². The summed E-state index contributed by atoms with van der Waals surface area (Å²) in [6.45, 7) is 4.62. The van der Waals surface area contributed by atoms with Crippen molar-refractivity contribution in [2.75, 3.05) is 0 Å². The lowest BCUT2D eigenvalue weighted by Crippen LogP contribution is -2.65. The van der Waals surface area contributed by atoms with Gasteiger partial charge < -0.3 is 4.80 Å². The molecule has 0 saturated heterocycles. The van der Waals surface area contributed by atoms with Gasteiger partial charge in [-0.1, -0.05) is 86.7 Å². The van der Waals surface area contributed by atoms with E-state index in [-0.39, 0.29) is 5.04 Å². The van der Waals surface area contributed by atoms with Crippen LogP contribution in [0, 0.1) is 17.8 Å². The first kappa shape index (κ1) is 19.7. The summed E-state index contributed by atoms with van der Waals surface area (Å²) in [4.78, 5) is 12.3. The second-order valence-electron chi connectivity index (χ2n) is 9.48. The van der Waals surface area contributed by atoms with Crippen LogP contribution in [0.3, 0.4) is 0 Å². The summed E-state index contributed by atoms with van der Waals surface area (Å²) in [5, 5.41) is 2.17. The van der Waals surface area contributed by atoms with Crippen LogP contribution in [0.25, 0.3) is 0 Å². The minimum atomic E-state index is -2.85. The number of benzene rings is 2. The van der Waals surface area contributed by atoms with E-state index in [0.717, 1.165) is 34.5 Å². The Bertz CT molecular complexity index is 740. The van der Waals surface area contributed by atoms with Crippen molar-refractivity contribution in [1.29, 1.82) is 0 Å². The minimum absolute atomic E-state index is 0.105. The zero-order valence-corrected chi connectivity index (χ0v) is 18.4. The lowest BCUT2D eigenvalue weighted by Gasteiger charge is -2.41. The summed E-state index contributed by atoms with van der Waals surface area (Å²) in [5.41, 5.74) is 0. The van der Waals surface area contributed by atoms with Gasteiger partial charge in [-0.2, -0.15) is 0 Å². The van der Waals surface area contributed by atoms with Gasteiger partial charge in [-0.05, 0) is 71.7 Å². The Morgan fingerprint density at radius 1 is 0.821 bits per heavy atom. The van der Waals surface area contributed by atoms with Crippen LogP contribution < -0.4 is 10.4 Å². The molecule has 4 rings (SSSR count). The Morgan fingerprint density at radius 3 is 1.75 bits per heavy atom. The van der Waals surface area contributed by atoms with Gasteiger partial charge in [0.2, 0.25) is 0 Å². The molecule has 2 aromatic carbocycles. The van der Waals surface area contributed by atoms with Crippen molar-refractivity contribution in [1.82, 2.24) is 0 Å². The SMILES string of the molecule is CC(C)(CC[C@H]1[C@@H]2CC/C=C/CC[C@@H]21)[Si](O)(c1ccccc1)c1ccccc1. The molecule has 1 nitrogen and oxygen atoms in total. The van der Waals surface area contributed by atoms with E-state index in [1.807, 2.05) is 12.1 Å². The third kappa shape index (κ3) is 3.65. The van der Waals surface area contributed by atoms with Crippen molar-refractivity contribution in [3.05, 3.63) is 72.8 Å². The molecule has 1 N–H and O–H groups in total. The van der Waals surface area contributed by atoms with E-state index in [1.54, 1.807) is 0 Å². The second kappa shape index (κ2) is 8.00. The number of allylic oxidation sites excluding steroid dienone is 2. The van der Waals surface area contributed by atoms with Gasteiger partial charge in [-0.25, -0.2) is 0 Å². The molecule has 0 radical (unpaired) electrons. The third-order valence-electron chi connectivity index (χ3n) is 7.47. The van der Waals surface area contributed by atoms with Crippen molar-refractivity contribution >= 4 is 18.7 Å². The first-order valence-corrected chi connectivity index (χ1v) is 13.0. The molecule has 2 aromatic rings. The largest absolute Gasteiger partial charge is 0.424 e. The van der Waals surface area contributed by atoms with Gasteiger partial charge in [-0.15, -0.1) is 0 Å². The Labute approximate surface area is 171 Å². The quantitative estimate of drug-likeness (QED) is 0.525. The molecule has 0 heterocycles. The van der Waals surface area contributed by atoms with Crippen molar-refractivity contribution in [3.8, 4) is 0 Å². The molecule has 0 aromatic heterocycles.